The van der Waals surface area contributed by atoms with Crippen LogP contribution in [0.3, 0.4) is 0 Å². The van der Waals surface area contributed by atoms with Crippen molar-refractivity contribution in [3.63, 3.8) is 0 Å². The fourth-order valence-corrected chi connectivity index (χ4v) is 2.81. The Morgan fingerprint density at radius 2 is 2.28 bits per heavy atom. The summed E-state index contributed by atoms with van der Waals surface area (Å²) in [7, 11) is 1.32. The summed E-state index contributed by atoms with van der Waals surface area (Å²) in [6.45, 7) is 0.344. The highest BCUT2D eigenvalue weighted by Gasteiger charge is 2.43. The number of ether oxygens (including phenoxy) is 1. The molecule has 98 valence electrons. The van der Waals surface area contributed by atoms with Gasteiger partial charge in [0.05, 0.1) is 18.2 Å². The second kappa shape index (κ2) is 5.07. The zero-order valence-corrected chi connectivity index (χ0v) is 11.0. The van der Waals surface area contributed by atoms with E-state index in [0.717, 1.165) is 19.3 Å². The molecule has 1 amide bonds. The number of hydrogen-bond acceptors (Lipinski definition) is 5. The summed E-state index contributed by atoms with van der Waals surface area (Å²) >= 11 is 1.25. The fourth-order valence-electron chi connectivity index (χ4n) is 2.04. The van der Waals surface area contributed by atoms with Gasteiger partial charge in [0.15, 0.2) is 0 Å². The Balaban J connectivity index is 2.12. The monoisotopic (exact) mass is 268 g/mol. The first kappa shape index (κ1) is 13.0. The van der Waals surface area contributed by atoms with Crippen LogP contribution in [0.4, 0.5) is 5.69 Å². The molecule has 0 aliphatic heterocycles. The van der Waals surface area contributed by atoms with Crippen molar-refractivity contribution >= 4 is 28.9 Å². The van der Waals surface area contributed by atoms with Crippen molar-refractivity contribution in [3.8, 4) is 0 Å². The number of nitrogens with two attached hydrogens (primary N) is 1. The highest BCUT2D eigenvalue weighted by Crippen LogP contribution is 2.41. The van der Waals surface area contributed by atoms with E-state index >= 15 is 0 Å². The quantitative estimate of drug-likeness (QED) is 0.813. The number of amides is 1. The van der Waals surface area contributed by atoms with E-state index in [2.05, 4.69) is 10.1 Å². The van der Waals surface area contributed by atoms with Gasteiger partial charge in [0.1, 0.15) is 4.88 Å². The third-order valence-corrected chi connectivity index (χ3v) is 4.36. The Morgan fingerprint density at radius 1 is 1.56 bits per heavy atom. The molecule has 1 heterocycles. The molecule has 18 heavy (non-hydrogen) atoms. The molecule has 5 nitrogen and oxygen atoms in total. The van der Waals surface area contributed by atoms with Gasteiger partial charge < -0.3 is 15.8 Å². The first-order valence-electron chi connectivity index (χ1n) is 5.80. The second-order valence-corrected chi connectivity index (χ2v) is 5.36. The number of methoxy groups -OCH3 is 1. The standard InChI is InChI=1S/C12H16N2O3S/c1-17-10(15)9-8(3-6-18-9)14-11(16)12(7-13)4-2-5-12/h3,6H,2,4-5,7,13H2,1H3,(H,14,16). The molecule has 0 bridgehead atoms. The van der Waals surface area contributed by atoms with E-state index < -0.39 is 11.4 Å². The van der Waals surface area contributed by atoms with Crippen molar-refractivity contribution in [2.75, 3.05) is 19.0 Å². The molecule has 1 aromatic heterocycles. The third kappa shape index (κ3) is 2.13. The number of rotatable bonds is 4. The van der Waals surface area contributed by atoms with Gasteiger partial charge in [-0.3, -0.25) is 4.79 Å². The van der Waals surface area contributed by atoms with Gasteiger partial charge in [-0.1, -0.05) is 6.42 Å². The van der Waals surface area contributed by atoms with Crippen LogP contribution < -0.4 is 11.1 Å². The summed E-state index contributed by atoms with van der Waals surface area (Å²) in [6.07, 6.45) is 2.65. The number of carbonyl (C=O) groups excluding carboxylic acids is 2. The van der Waals surface area contributed by atoms with E-state index in [4.69, 9.17) is 5.73 Å². The van der Waals surface area contributed by atoms with Crippen LogP contribution in [0, 0.1) is 5.41 Å². The molecule has 1 aliphatic rings. The van der Waals surface area contributed by atoms with Crippen LogP contribution in [0.25, 0.3) is 0 Å². The van der Waals surface area contributed by atoms with Crippen LogP contribution in [-0.2, 0) is 9.53 Å². The van der Waals surface area contributed by atoms with Gasteiger partial charge in [0.25, 0.3) is 0 Å². The maximum atomic E-state index is 12.2. The van der Waals surface area contributed by atoms with Crippen molar-refractivity contribution in [2.24, 2.45) is 11.1 Å². The van der Waals surface area contributed by atoms with Gasteiger partial charge in [-0.25, -0.2) is 4.79 Å². The van der Waals surface area contributed by atoms with E-state index in [-0.39, 0.29) is 5.91 Å². The van der Waals surface area contributed by atoms with Gasteiger partial charge >= 0.3 is 5.97 Å². The summed E-state index contributed by atoms with van der Waals surface area (Å²) in [4.78, 5) is 24.1. The van der Waals surface area contributed by atoms with E-state index in [1.807, 2.05) is 0 Å². The lowest BCUT2D eigenvalue weighted by Gasteiger charge is -2.39. The highest BCUT2D eigenvalue weighted by molar-refractivity contribution is 7.12. The molecular formula is C12H16N2O3S. The van der Waals surface area contributed by atoms with Gasteiger partial charge in [-0.2, -0.15) is 0 Å². The van der Waals surface area contributed by atoms with Gasteiger partial charge in [-0.15, -0.1) is 11.3 Å². The SMILES string of the molecule is COC(=O)c1sccc1NC(=O)C1(CN)CCC1. The molecule has 2 rings (SSSR count). The normalized spacial score (nSPS) is 16.8. The molecule has 0 atom stereocenters. The summed E-state index contributed by atoms with van der Waals surface area (Å²) in [5.41, 5.74) is 5.73. The third-order valence-electron chi connectivity index (χ3n) is 3.47. The number of thiophene rings is 1. The molecule has 0 aromatic carbocycles. The minimum atomic E-state index is -0.449. The topological polar surface area (TPSA) is 81.4 Å². The van der Waals surface area contributed by atoms with Crippen LogP contribution in [-0.4, -0.2) is 25.5 Å². The maximum absolute atomic E-state index is 12.2. The average molecular weight is 268 g/mol. The lowest BCUT2D eigenvalue weighted by Crippen LogP contribution is -2.47. The maximum Gasteiger partial charge on any atom is 0.350 e. The predicted molar refractivity (Wildman–Crippen MR) is 69.6 cm³/mol. The van der Waals surface area contributed by atoms with Gasteiger partial charge in [0, 0.05) is 6.54 Å². The minimum Gasteiger partial charge on any atom is -0.465 e. The molecule has 0 saturated heterocycles. The molecule has 0 spiro atoms. The van der Waals surface area contributed by atoms with Crippen LogP contribution in [0.2, 0.25) is 0 Å². The molecule has 3 N–H and O–H groups in total. The van der Waals surface area contributed by atoms with Crippen LogP contribution in [0.15, 0.2) is 11.4 Å². The van der Waals surface area contributed by atoms with Crippen LogP contribution >= 0.6 is 11.3 Å². The molecule has 1 aliphatic carbocycles. The van der Waals surface area contributed by atoms with E-state index in [0.29, 0.717) is 17.1 Å². The number of nitrogens with one attached hydrogen (secondary N) is 1. The Hall–Kier alpha value is -1.40. The van der Waals surface area contributed by atoms with Crippen molar-refractivity contribution in [1.29, 1.82) is 0 Å². The summed E-state index contributed by atoms with van der Waals surface area (Å²) in [5.74, 6) is -0.532. The Bertz CT molecular complexity index is 460. The van der Waals surface area contributed by atoms with Crippen molar-refractivity contribution in [2.45, 2.75) is 19.3 Å². The van der Waals surface area contributed by atoms with Crippen LogP contribution in [0.1, 0.15) is 28.9 Å². The van der Waals surface area contributed by atoms with Crippen LogP contribution in [0.5, 0.6) is 0 Å². The lowest BCUT2D eigenvalue weighted by atomic mass is 9.68. The molecule has 6 heteroatoms. The number of hydrogen-bond donors (Lipinski definition) is 2. The lowest BCUT2D eigenvalue weighted by molar-refractivity contribution is -0.129. The zero-order chi connectivity index (χ0) is 13.2. The number of esters is 1. The molecule has 0 unspecified atom stereocenters. The zero-order valence-electron chi connectivity index (χ0n) is 10.2. The van der Waals surface area contributed by atoms with E-state index in [1.165, 1.54) is 18.4 Å². The summed E-state index contributed by atoms with van der Waals surface area (Å²) in [6, 6.07) is 1.71. The molecule has 1 aromatic rings. The molecule has 1 saturated carbocycles. The van der Waals surface area contributed by atoms with Crippen molar-refractivity contribution in [3.05, 3.63) is 16.3 Å². The fraction of sp³-hybridized carbons (Fsp3) is 0.500. The summed E-state index contributed by atoms with van der Waals surface area (Å²) < 4.78 is 4.66. The van der Waals surface area contributed by atoms with Gasteiger partial charge in [0.2, 0.25) is 5.91 Å². The van der Waals surface area contributed by atoms with E-state index in [1.54, 1.807) is 11.4 Å². The molecule has 0 radical (unpaired) electrons. The Kier molecular flexibility index (Phi) is 3.68. The second-order valence-electron chi connectivity index (χ2n) is 4.45. The summed E-state index contributed by atoms with van der Waals surface area (Å²) in [5, 5.41) is 4.54. The predicted octanol–water partition coefficient (Wildman–Crippen LogP) is 1.60. The largest absolute Gasteiger partial charge is 0.465 e. The first-order valence-corrected chi connectivity index (χ1v) is 6.68. The first-order chi connectivity index (χ1) is 8.63. The molecular weight excluding hydrogens is 252 g/mol. The van der Waals surface area contributed by atoms with E-state index in [9.17, 15) is 9.59 Å². The minimum absolute atomic E-state index is 0.0974. The number of anilines is 1. The highest BCUT2D eigenvalue weighted by atomic mass is 32.1. The average Bonchev–Trinajstić information content (AvgIpc) is 2.75. The molecule has 1 fully saturated rings. The smallest absolute Gasteiger partial charge is 0.350 e. The Morgan fingerprint density at radius 3 is 2.78 bits per heavy atom. The Labute approximate surface area is 109 Å². The van der Waals surface area contributed by atoms with Crippen molar-refractivity contribution in [1.82, 2.24) is 0 Å². The number of carbonyl (C=O) groups is 2. The van der Waals surface area contributed by atoms with Gasteiger partial charge in [-0.05, 0) is 24.3 Å². The van der Waals surface area contributed by atoms with Crippen molar-refractivity contribution < 1.29 is 14.3 Å².